The molecular weight excluding hydrogens is 321 g/mol. The molecule has 0 unspecified atom stereocenters. The molecule has 1 N–H and O–H groups in total. The number of ether oxygens (including phenoxy) is 1. The molecule has 1 heterocycles. The van der Waals surface area contributed by atoms with Gasteiger partial charge in [-0.2, -0.15) is 5.10 Å². The number of benzene rings is 2. The van der Waals surface area contributed by atoms with Crippen molar-refractivity contribution in [1.29, 1.82) is 0 Å². The summed E-state index contributed by atoms with van der Waals surface area (Å²) in [6.07, 6.45) is 2.43. The quantitative estimate of drug-likeness (QED) is 0.751. The average molecular weight is 339 g/mol. The Morgan fingerprint density at radius 2 is 2.00 bits per heavy atom. The predicted octanol–water partition coefficient (Wildman–Crippen LogP) is 2.99. The highest BCUT2D eigenvalue weighted by molar-refractivity contribution is 5.94. The molecule has 0 saturated heterocycles. The van der Waals surface area contributed by atoms with E-state index in [0.717, 1.165) is 11.4 Å². The van der Waals surface area contributed by atoms with E-state index in [1.165, 1.54) is 19.2 Å². The Balaban J connectivity index is 1.56. The van der Waals surface area contributed by atoms with Crippen molar-refractivity contribution in [3.63, 3.8) is 0 Å². The van der Waals surface area contributed by atoms with Crippen molar-refractivity contribution in [2.24, 2.45) is 0 Å². The van der Waals surface area contributed by atoms with Crippen LogP contribution in [0, 0.1) is 5.82 Å². The molecule has 3 aromatic rings. The summed E-state index contributed by atoms with van der Waals surface area (Å²) >= 11 is 0. The molecule has 0 spiro atoms. The summed E-state index contributed by atoms with van der Waals surface area (Å²) in [7, 11) is 1.45. The zero-order valence-corrected chi connectivity index (χ0v) is 13.8. The zero-order valence-electron chi connectivity index (χ0n) is 13.8. The first kappa shape index (κ1) is 16.7. The van der Waals surface area contributed by atoms with Crippen LogP contribution >= 0.6 is 0 Å². The number of carbonyl (C=O) groups is 1. The van der Waals surface area contributed by atoms with Gasteiger partial charge in [-0.15, -0.1) is 0 Å². The number of halogens is 1. The molecule has 1 amide bonds. The molecule has 5 nitrogen and oxygen atoms in total. The minimum Gasteiger partial charge on any atom is -0.497 e. The van der Waals surface area contributed by atoms with E-state index in [1.54, 1.807) is 10.7 Å². The van der Waals surface area contributed by atoms with Crippen molar-refractivity contribution in [1.82, 2.24) is 15.1 Å². The number of para-hydroxylation sites is 1. The highest BCUT2D eigenvalue weighted by Crippen LogP contribution is 2.16. The Bertz CT molecular complexity index is 862. The van der Waals surface area contributed by atoms with Gasteiger partial charge in [-0.1, -0.05) is 18.2 Å². The second-order valence-electron chi connectivity index (χ2n) is 5.44. The third-order valence-corrected chi connectivity index (χ3v) is 3.75. The van der Waals surface area contributed by atoms with Crippen LogP contribution < -0.4 is 10.1 Å². The summed E-state index contributed by atoms with van der Waals surface area (Å²) in [4.78, 5) is 12.1. The molecule has 0 aliphatic carbocycles. The van der Waals surface area contributed by atoms with Crippen LogP contribution in [0.1, 0.15) is 16.1 Å². The highest BCUT2D eigenvalue weighted by atomic mass is 19.1. The van der Waals surface area contributed by atoms with Gasteiger partial charge in [0.15, 0.2) is 0 Å². The Hall–Kier alpha value is -3.15. The molecule has 25 heavy (non-hydrogen) atoms. The lowest BCUT2D eigenvalue weighted by molar-refractivity contribution is 0.0950. The molecule has 0 aliphatic heterocycles. The second kappa shape index (κ2) is 7.61. The number of hydrogen-bond acceptors (Lipinski definition) is 3. The van der Waals surface area contributed by atoms with Gasteiger partial charge >= 0.3 is 0 Å². The van der Waals surface area contributed by atoms with Gasteiger partial charge in [0.05, 0.1) is 24.1 Å². The fourth-order valence-corrected chi connectivity index (χ4v) is 2.43. The molecule has 0 fully saturated rings. The maximum atomic E-state index is 13.9. The van der Waals surface area contributed by atoms with Crippen molar-refractivity contribution >= 4 is 5.91 Å². The maximum absolute atomic E-state index is 13.9. The fourth-order valence-electron chi connectivity index (χ4n) is 2.43. The van der Waals surface area contributed by atoms with E-state index >= 15 is 0 Å². The fraction of sp³-hybridized carbons (Fsp3) is 0.158. The Labute approximate surface area is 145 Å². The van der Waals surface area contributed by atoms with Crippen molar-refractivity contribution in [3.8, 4) is 11.4 Å². The number of hydrogen-bond donors (Lipinski definition) is 1. The molecule has 3 rings (SSSR count). The van der Waals surface area contributed by atoms with Gasteiger partial charge in [-0.25, -0.2) is 9.07 Å². The van der Waals surface area contributed by atoms with Gasteiger partial charge in [0.25, 0.3) is 5.91 Å². The Kier molecular flexibility index (Phi) is 5.09. The topological polar surface area (TPSA) is 56.1 Å². The summed E-state index contributed by atoms with van der Waals surface area (Å²) in [6, 6.07) is 15.8. The molecule has 128 valence electrons. The summed E-state index contributed by atoms with van der Waals surface area (Å²) in [5, 5.41) is 7.17. The molecule has 0 saturated carbocycles. The summed E-state index contributed by atoms with van der Waals surface area (Å²) in [5.41, 5.74) is 1.81. The van der Waals surface area contributed by atoms with Gasteiger partial charge in [-0.05, 0) is 30.3 Å². The monoisotopic (exact) mass is 339 g/mol. The molecular formula is C19H18FN3O2. The van der Waals surface area contributed by atoms with Gasteiger partial charge in [0, 0.05) is 25.2 Å². The lowest BCUT2D eigenvalue weighted by Gasteiger charge is -2.07. The van der Waals surface area contributed by atoms with E-state index in [1.807, 2.05) is 42.6 Å². The number of carbonyl (C=O) groups excluding carboxylic acids is 1. The smallest absolute Gasteiger partial charge is 0.254 e. The van der Waals surface area contributed by atoms with Crippen LogP contribution in [0.4, 0.5) is 4.39 Å². The van der Waals surface area contributed by atoms with Gasteiger partial charge in [0.1, 0.15) is 11.6 Å². The number of methoxy groups -OCH3 is 1. The molecule has 0 atom stereocenters. The Morgan fingerprint density at radius 3 is 2.72 bits per heavy atom. The summed E-state index contributed by atoms with van der Waals surface area (Å²) < 4.78 is 20.6. The van der Waals surface area contributed by atoms with E-state index in [4.69, 9.17) is 4.74 Å². The number of nitrogens with zero attached hydrogens (tertiary/aromatic N) is 2. The first-order valence-corrected chi connectivity index (χ1v) is 7.89. The maximum Gasteiger partial charge on any atom is 0.254 e. The standard InChI is InChI=1S/C19H18FN3O2/c1-25-16-7-8-17(18(20)13-16)19(24)21-11-9-14-10-12-23(22-14)15-5-3-2-4-6-15/h2-8,10,12-13H,9,11H2,1H3,(H,21,24). The second-order valence-corrected chi connectivity index (χ2v) is 5.44. The zero-order chi connectivity index (χ0) is 17.6. The minimum absolute atomic E-state index is 0.00406. The first-order chi connectivity index (χ1) is 12.2. The minimum atomic E-state index is -0.606. The lowest BCUT2D eigenvalue weighted by atomic mass is 10.2. The number of amides is 1. The predicted molar refractivity (Wildman–Crippen MR) is 92.6 cm³/mol. The summed E-state index contributed by atoms with van der Waals surface area (Å²) in [5.74, 6) is -0.687. The van der Waals surface area contributed by atoms with Crippen LogP contribution in [0.3, 0.4) is 0 Å². The SMILES string of the molecule is COc1ccc(C(=O)NCCc2ccn(-c3ccccc3)n2)c(F)c1. The van der Waals surface area contributed by atoms with Gasteiger partial charge in [0.2, 0.25) is 0 Å². The van der Waals surface area contributed by atoms with Crippen molar-refractivity contribution in [2.75, 3.05) is 13.7 Å². The van der Waals surface area contributed by atoms with Gasteiger partial charge < -0.3 is 10.1 Å². The number of aromatic nitrogens is 2. The highest BCUT2D eigenvalue weighted by Gasteiger charge is 2.12. The van der Waals surface area contributed by atoms with Crippen molar-refractivity contribution in [3.05, 3.63) is 77.9 Å². The summed E-state index contributed by atoms with van der Waals surface area (Å²) in [6.45, 7) is 0.371. The largest absolute Gasteiger partial charge is 0.497 e. The van der Waals surface area contributed by atoms with E-state index in [9.17, 15) is 9.18 Å². The van der Waals surface area contributed by atoms with Crippen molar-refractivity contribution in [2.45, 2.75) is 6.42 Å². The number of nitrogens with one attached hydrogen (secondary N) is 1. The van der Waals surface area contributed by atoms with Crippen LogP contribution in [0.5, 0.6) is 5.75 Å². The third-order valence-electron chi connectivity index (χ3n) is 3.75. The van der Waals surface area contributed by atoms with E-state index < -0.39 is 11.7 Å². The van der Waals surface area contributed by atoms with Crippen LogP contribution in [0.25, 0.3) is 5.69 Å². The third kappa shape index (κ3) is 4.03. The van der Waals surface area contributed by atoms with Crippen LogP contribution in [-0.2, 0) is 6.42 Å². The van der Waals surface area contributed by atoms with Crippen LogP contribution in [0.15, 0.2) is 60.8 Å². The van der Waals surface area contributed by atoms with E-state index in [-0.39, 0.29) is 5.56 Å². The normalized spacial score (nSPS) is 10.5. The molecule has 0 aliphatic rings. The molecule has 1 aromatic heterocycles. The van der Waals surface area contributed by atoms with Crippen molar-refractivity contribution < 1.29 is 13.9 Å². The molecule has 6 heteroatoms. The molecule has 0 bridgehead atoms. The van der Waals surface area contributed by atoms with Gasteiger partial charge in [-0.3, -0.25) is 4.79 Å². The lowest BCUT2D eigenvalue weighted by Crippen LogP contribution is -2.26. The average Bonchev–Trinajstić information content (AvgIpc) is 3.11. The number of rotatable bonds is 6. The van der Waals surface area contributed by atoms with E-state index in [2.05, 4.69) is 10.4 Å². The molecule has 0 radical (unpaired) electrons. The van der Waals surface area contributed by atoms with E-state index in [0.29, 0.717) is 18.7 Å². The van der Waals surface area contributed by atoms with Crippen LogP contribution in [0.2, 0.25) is 0 Å². The first-order valence-electron chi connectivity index (χ1n) is 7.89. The Morgan fingerprint density at radius 1 is 1.20 bits per heavy atom. The van der Waals surface area contributed by atoms with Crippen LogP contribution in [-0.4, -0.2) is 29.3 Å². The molecule has 2 aromatic carbocycles.